The zero-order valence-corrected chi connectivity index (χ0v) is 17.2. The topological polar surface area (TPSA) is 91.1 Å². The molecule has 2 aliphatic rings. The molecular weight excluding hydrogens is 390 g/mol. The molecule has 1 aromatic heterocycles. The van der Waals surface area contributed by atoms with Gasteiger partial charge in [-0.05, 0) is 53.8 Å². The number of nitrogens with one attached hydrogen (secondary N) is 1. The van der Waals surface area contributed by atoms with Gasteiger partial charge in [0.05, 0.1) is 23.5 Å². The number of ether oxygens (including phenoxy) is 1. The van der Waals surface area contributed by atoms with E-state index in [4.69, 9.17) is 10.00 Å². The summed E-state index contributed by atoms with van der Waals surface area (Å²) in [6.07, 6.45) is 3.98. The Hall–Kier alpha value is -3.76. The maximum atomic E-state index is 11.8. The number of cyclic esters (lactones) is 1. The average molecular weight is 411 g/mol. The van der Waals surface area contributed by atoms with Gasteiger partial charge in [0.15, 0.2) is 0 Å². The molecule has 0 aliphatic carbocycles. The van der Waals surface area contributed by atoms with Gasteiger partial charge < -0.3 is 10.1 Å². The molecule has 2 aromatic carbocycles. The lowest BCUT2D eigenvalue weighted by atomic mass is 9.96. The number of aromatic nitrogens is 2. The predicted octanol–water partition coefficient (Wildman–Crippen LogP) is 3.63. The van der Waals surface area contributed by atoms with Crippen molar-refractivity contribution in [2.75, 3.05) is 11.9 Å². The van der Waals surface area contributed by atoms with Crippen LogP contribution >= 0.6 is 0 Å². The Kier molecular flexibility index (Phi) is 4.85. The minimum Gasteiger partial charge on any atom is -0.457 e. The highest BCUT2D eigenvalue weighted by Gasteiger charge is 2.25. The number of hydrogen-bond acceptors (Lipinski definition) is 7. The number of fused-ring (bicyclic) bond motifs is 2. The molecule has 0 saturated heterocycles. The van der Waals surface area contributed by atoms with Gasteiger partial charge in [0.2, 0.25) is 5.95 Å². The van der Waals surface area contributed by atoms with Crippen molar-refractivity contribution in [1.82, 2.24) is 14.9 Å². The SMILES string of the molecule is Cc1c(CN2CCc3cc(Nc4ncc(C#N)cn4)ccc3C2)ccc2c1COC2=O. The van der Waals surface area contributed by atoms with Crippen molar-refractivity contribution in [2.24, 2.45) is 0 Å². The minimum atomic E-state index is -0.215. The van der Waals surface area contributed by atoms with Crippen LogP contribution in [-0.2, 0) is 30.9 Å². The molecule has 1 N–H and O–H groups in total. The molecule has 7 heteroatoms. The lowest BCUT2D eigenvalue weighted by molar-refractivity contribution is 0.0535. The van der Waals surface area contributed by atoms with Crippen LogP contribution in [0.25, 0.3) is 0 Å². The summed E-state index contributed by atoms with van der Waals surface area (Å²) in [5, 5.41) is 12.1. The van der Waals surface area contributed by atoms with Crippen LogP contribution in [0.3, 0.4) is 0 Å². The van der Waals surface area contributed by atoms with Crippen molar-refractivity contribution in [2.45, 2.75) is 33.0 Å². The fraction of sp³-hybridized carbons (Fsp3) is 0.250. The van der Waals surface area contributed by atoms with E-state index in [1.807, 2.05) is 18.2 Å². The first-order valence-corrected chi connectivity index (χ1v) is 10.2. The van der Waals surface area contributed by atoms with Crippen LogP contribution < -0.4 is 5.32 Å². The van der Waals surface area contributed by atoms with Crippen LogP contribution in [0.15, 0.2) is 42.7 Å². The summed E-state index contributed by atoms with van der Waals surface area (Å²) >= 11 is 0. The van der Waals surface area contributed by atoms with Gasteiger partial charge >= 0.3 is 5.97 Å². The van der Waals surface area contributed by atoms with Crippen LogP contribution in [0.1, 0.15) is 43.7 Å². The summed E-state index contributed by atoms with van der Waals surface area (Å²) in [5.41, 5.74) is 8.16. The molecule has 2 aliphatic heterocycles. The fourth-order valence-electron chi connectivity index (χ4n) is 4.21. The Morgan fingerprint density at radius 2 is 2.03 bits per heavy atom. The van der Waals surface area contributed by atoms with Crippen molar-refractivity contribution < 1.29 is 9.53 Å². The second-order valence-corrected chi connectivity index (χ2v) is 7.93. The molecule has 0 atom stereocenters. The molecule has 5 rings (SSSR count). The molecule has 31 heavy (non-hydrogen) atoms. The van der Waals surface area contributed by atoms with Crippen molar-refractivity contribution in [1.29, 1.82) is 5.26 Å². The smallest absolute Gasteiger partial charge is 0.338 e. The van der Waals surface area contributed by atoms with E-state index in [0.29, 0.717) is 23.7 Å². The second-order valence-electron chi connectivity index (χ2n) is 7.93. The number of nitrogens with zero attached hydrogens (tertiary/aromatic N) is 4. The van der Waals surface area contributed by atoms with Gasteiger partial charge in [-0.2, -0.15) is 5.26 Å². The normalized spacial score (nSPS) is 15.0. The Morgan fingerprint density at radius 1 is 1.19 bits per heavy atom. The van der Waals surface area contributed by atoms with Gasteiger partial charge in [-0.3, -0.25) is 4.90 Å². The number of anilines is 2. The first-order chi connectivity index (χ1) is 15.1. The average Bonchev–Trinajstić information content (AvgIpc) is 3.17. The van der Waals surface area contributed by atoms with Gasteiger partial charge in [-0.15, -0.1) is 0 Å². The monoisotopic (exact) mass is 411 g/mol. The first kappa shape index (κ1) is 19.2. The number of benzene rings is 2. The fourth-order valence-corrected chi connectivity index (χ4v) is 4.21. The molecule has 0 bridgehead atoms. The molecule has 7 nitrogen and oxygen atoms in total. The number of esters is 1. The number of rotatable bonds is 4. The highest BCUT2D eigenvalue weighted by atomic mass is 16.5. The molecule has 154 valence electrons. The molecule has 0 saturated carbocycles. The highest BCUT2D eigenvalue weighted by Crippen LogP contribution is 2.29. The third-order valence-corrected chi connectivity index (χ3v) is 6.01. The Morgan fingerprint density at radius 3 is 2.84 bits per heavy atom. The Labute approximate surface area is 180 Å². The largest absolute Gasteiger partial charge is 0.457 e. The van der Waals surface area contributed by atoms with Crippen LogP contribution in [-0.4, -0.2) is 27.4 Å². The summed E-state index contributed by atoms with van der Waals surface area (Å²) in [7, 11) is 0. The zero-order chi connectivity index (χ0) is 21.4. The van der Waals surface area contributed by atoms with E-state index < -0.39 is 0 Å². The maximum absolute atomic E-state index is 11.8. The van der Waals surface area contributed by atoms with E-state index in [0.717, 1.165) is 42.9 Å². The van der Waals surface area contributed by atoms with E-state index in [1.54, 1.807) is 0 Å². The lowest BCUT2D eigenvalue weighted by Gasteiger charge is -2.30. The Bertz CT molecular complexity index is 1210. The molecular formula is C24H21N5O2. The summed E-state index contributed by atoms with van der Waals surface area (Å²) in [4.78, 5) is 22.5. The van der Waals surface area contributed by atoms with Gasteiger partial charge in [0.1, 0.15) is 12.7 Å². The van der Waals surface area contributed by atoms with Crippen LogP contribution in [0.5, 0.6) is 0 Å². The van der Waals surface area contributed by atoms with E-state index in [9.17, 15) is 4.79 Å². The van der Waals surface area contributed by atoms with Gasteiger partial charge in [0.25, 0.3) is 0 Å². The standard InChI is InChI=1S/C24H21N5O2/c1-15-18(3-5-21-22(15)14-31-23(21)30)12-29-7-6-17-8-20(4-2-19(17)13-29)28-24-26-10-16(9-25)11-27-24/h2-5,8,10-11H,6-7,12-14H2,1H3,(H,26,27,28). The lowest BCUT2D eigenvalue weighted by Crippen LogP contribution is -2.30. The van der Waals surface area contributed by atoms with Crippen molar-refractivity contribution in [3.63, 3.8) is 0 Å². The molecule has 0 amide bonds. The van der Waals surface area contributed by atoms with Gasteiger partial charge in [-0.1, -0.05) is 12.1 Å². The minimum absolute atomic E-state index is 0.215. The number of carbonyl (C=O) groups excluding carboxylic acids is 1. The molecule has 0 radical (unpaired) electrons. The highest BCUT2D eigenvalue weighted by molar-refractivity contribution is 5.93. The van der Waals surface area contributed by atoms with Gasteiger partial charge in [-0.25, -0.2) is 14.8 Å². The molecule has 0 unspecified atom stereocenters. The van der Waals surface area contributed by atoms with Gasteiger partial charge in [0, 0.05) is 30.9 Å². The van der Waals surface area contributed by atoms with Crippen LogP contribution in [0.2, 0.25) is 0 Å². The van der Waals surface area contributed by atoms with Crippen LogP contribution in [0.4, 0.5) is 11.6 Å². The predicted molar refractivity (Wildman–Crippen MR) is 115 cm³/mol. The van der Waals surface area contributed by atoms with Crippen molar-refractivity contribution in [3.05, 3.63) is 81.7 Å². The number of carbonyl (C=O) groups is 1. The van der Waals surface area contributed by atoms with Crippen LogP contribution in [0, 0.1) is 18.3 Å². The molecule has 0 fully saturated rings. The third kappa shape index (κ3) is 3.74. The number of hydrogen-bond donors (Lipinski definition) is 1. The molecule has 0 spiro atoms. The van der Waals surface area contributed by atoms with E-state index in [-0.39, 0.29) is 5.97 Å². The summed E-state index contributed by atoms with van der Waals surface area (Å²) < 4.78 is 5.18. The van der Waals surface area contributed by atoms with Crippen molar-refractivity contribution in [3.8, 4) is 6.07 Å². The summed E-state index contributed by atoms with van der Waals surface area (Å²) in [6, 6.07) is 12.3. The van der Waals surface area contributed by atoms with E-state index in [1.165, 1.54) is 29.1 Å². The summed E-state index contributed by atoms with van der Waals surface area (Å²) in [6.45, 7) is 5.17. The second kappa shape index (κ2) is 7.82. The van der Waals surface area contributed by atoms with E-state index in [2.05, 4.69) is 45.3 Å². The Balaban J connectivity index is 1.28. The zero-order valence-electron chi connectivity index (χ0n) is 17.2. The molecule has 3 aromatic rings. The summed E-state index contributed by atoms with van der Waals surface area (Å²) in [5.74, 6) is 0.262. The number of nitriles is 1. The van der Waals surface area contributed by atoms with E-state index >= 15 is 0 Å². The first-order valence-electron chi connectivity index (χ1n) is 10.2. The third-order valence-electron chi connectivity index (χ3n) is 6.01. The maximum Gasteiger partial charge on any atom is 0.338 e. The molecule has 3 heterocycles. The van der Waals surface area contributed by atoms with Crippen molar-refractivity contribution >= 4 is 17.6 Å². The quantitative estimate of drug-likeness (QED) is 0.656.